The van der Waals surface area contributed by atoms with Crippen LogP contribution in [-0.4, -0.2) is 55.7 Å². The van der Waals surface area contributed by atoms with Crippen LogP contribution in [0.2, 0.25) is 0 Å². The second-order valence-corrected chi connectivity index (χ2v) is 7.08. The van der Waals surface area contributed by atoms with Gasteiger partial charge in [0, 0.05) is 31.0 Å². The predicted molar refractivity (Wildman–Crippen MR) is 114 cm³/mol. The van der Waals surface area contributed by atoms with Gasteiger partial charge in [-0.25, -0.2) is 5.01 Å². The van der Waals surface area contributed by atoms with E-state index < -0.39 is 11.8 Å². The highest BCUT2D eigenvalue weighted by molar-refractivity contribution is 6.39. The van der Waals surface area contributed by atoms with Crippen molar-refractivity contribution in [2.24, 2.45) is 5.10 Å². The SMILES string of the molecule is CN1N=C(C(=O)NNC(=O)c2ccc(Cn3nnc(-c4ccccc4)n3)cc2)CCC1=O. The number of nitrogens with zero attached hydrogens (tertiary/aromatic N) is 6. The summed E-state index contributed by atoms with van der Waals surface area (Å²) in [6, 6.07) is 16.4. The Morgan fingerprint density at radius 2 is 1.69 bits per heavy atom. The average molecular weight is 432 g/mol. The van der Waals surface area contributed by atoms with Gasteiger partial charge in [0.25, 0.3) is 11.8 Å². The van der Waals surface area contributed by atoms with Gasteiger partial charge >= 0.3 is 0 Å². The van der Waals surface area contributed by atoms with Crippen LogP contribution < -0.4 is 10.9 Å². The van der Waals surface area contributed by atoms with Gasteiger partial charge in [-0.3, -0.25) is 25.2 Å². The van der Waals surface area contributed by atoms with Gasteiger partial charge in [-0.1, -0.05) is 42.5 Å². The van der Waals surface area contributed by atoms with E-state index in [2.05, 4.69) is 31.4 Å². The Labute approximate surface area is 183 Å². The molecule has 3 amide bonds. The second kappa shape index (κ2) is 9.16. The molecule has 0 radical (unpaired) electrons. The Bertz CT molecular complexity index is 1170. The van der Waals surface area contributed by atoms with E-state index in [1.807, 2.05) is 30.3 Å². The monoisotopic (exact) mass is 432 g/mol. The first-order valence-electron chi connectivity index (χ1n) is 9.86. The minimum absolute atomic E-state index is 0.164. The molecule has 0 unspecified atom stereocenters. The summed E-state index contributed by atoms with van der Waals surface area (Å²) in [4.78, 5) is 37.3. The Morgan fingerprint density at radius 3 is 2.41 bits per heavy atom. The number of hydrazine groups is 1. The van der Waals surface area contributed by atoms with Crippen molar-refractivity contribution in [3.63, 3.8) is 0 Å². The Morgan fingerprint density at radius 1 is 0.969 bits per heavy atom. The van der Waals surface area contributed by atoms with Crippen molar-refractivity contribution in [1.29, 1.82) is 0 Å². The van der Waals surface area contributed by atoms with Crippen LogP contribution >= 0.6 is 0 Å². The lowest BCUT2D eigenvalue weighted by Gasteiger charge is -2.18. The van der Waals surface area contributed by atoms with Crippen molar-refractivity contribution in [3.05, 3.63) is 65.7 Å². The third-order valence-electron chi connectivity index (χ3n) is 4.78. The first-order valence-corrected chi connectivity index (χ1v) is 9.86. The van der Waals surface area contributed by atoms with Gasteiger partial charge < -0.3 is 0 Å². The summed E-state index contributed by atoms with van der Waals surface area (Å²) in [5, 5.41) is 17.5. The van der Waals surface area contributed by atoms with Gasteiger partial charge in [-0.2, -0.15) is 9.90 Å². The summed E-state index contributed by atoms with van der Waals surface area (Å²) >= 11 is 0. The van der Waals surface area contributed by atoms with Gasteiger partial charge in [0.2, 0.25) is 11.7 Å². The second-order valence-electron chi connectivity index (χ2n) is 7.08. The number of hydrazone groups is 1. The van der Waals surface area contributed by atoms with Gasteiger partial charge in [-0.15, -0.1) is 10.2 Å². The summed E-state index contributed by atoms with van der Waals surface area (Å²) in [5.41, 5.74) is 6.97. The first-order chi connectivity index (χ1) is 15.5. The fourth-order valence-corrected chi connectivity index (χ4v) is 3.03. The van der Waals surface area contributed by atoms with E-state index in [0.29, 0.717) is 17.9 Å². The summed E-state index contributed by atoms with van der Waals surface area (Å²) < 4.78 is 0. The quantitative estimate of drug-likeness (QED) is 0.572. The van der Waals surface area contributed by atoms with Crippen LogP contribution in [0.4, 0.5) is 0 Å². The molecular formula is C21H20N8O3. The number of carbonyl (C=O) groups is 3. The van der Waals surface area contributed by atoms with Crippen molar-refractivity contribution in [1.82, 2.24) is 36.1 Å². The lowest BCUT2D eigenvalue weighted by Crippen LogP contribution is -2.46. The number of amides is 3. The van der Waals surface area contributed by atoms with Crippen LogP contribution in [0.3, 0.4) is 0 Å². The van der Waals surface area contributed by atoms with Crippen LogP contribution in [0.1, 0.15) is 28.8 Å². The van der Waals surface area contributed by atoms with E-state index in [0.717, 1.165) is 16.1 Å². The van der Waals surface area contributed by atoms with Gasteiger partial charge in [-0.05, 0) is 22.9 Å². The number of benzene rings is 2. The summed E-state index contributed by atoms with van der Waals surface area (Å²) in [6.07, 6.45) is 0.424. The standard InChI is InChI=1S/C21H20N8O3/c1-28-18(30)12-11-17(25-28)21(32)24-23-20(31)16-9-7-14(8-10-16)13-29-26-19(22-27-29)15-5-3-2-4-6-15/h2-10H,11-13H2,1H3,(H,23,31)(H,24,32). The molecule has 0 fully saturated rings. The minimum Gasteiger partial charge on any atom is -0.273 e. The van der Waals surface area contributed by atoms with E-state index in [-0.39, 0.29) is 24.5 Å². The minimum atomic E-state index is -0.555. The molecule has 2 heterocycles. The van der Waals surface area contributed by atoms with Crippen LogP contribution in [0, 0.1) is 0 Å². The van der Waals surface area contributed by atoms with E-state index in [4.69, 9.17) is 0 Å². The zero-order chi connectivity index (χ0) is 22.5. The molecule has 1 aliphatic rings. The maximum atomic E-state index is 12.3. The zero-order valence-electron chi connectivity index (χ0n) is 17.2. The first kappa shape index (κ1) is 20.8. The number of tetrazole rings is 1. The summed E-state index contributed by atoms with van der Waals surface area (Å²) in [7, 11) is 1.48. The fourth-order valence-electron chi connectivity index (χ4n) is 3.03. The molecule has 0 bridgehead atoms. The van der Waals surface area contributed by atoms with Crippen molar-refractivity contribution in [2.75, 3.05) is 7.05 Å². The molecule has 3 aromatic rings. The number of nitrogens with one attached hydrogen (secondary N) is 2. The number of hydrogen-bond donors (Lipinski definition) is 2. The highest BCUT2D eigenvalue weighted by Crippen LogP contribution is 2.13. The third kappa shape index (κ3) is 4.83. The van der Waals surface area contributed by atoms with Crippen molar-refractivity contribution >= 4 is 23.4 Å². The van der Waals surface area contributed by atoms with Crippen molar-refractivity contribution < 1.29 is 14.4 Å². The molecule has 1 aliphatic heterocycles. The smallest absolute Gasteiger partial charge is 0.273 e. The molecule has 2 aromatic carbocycles. The van der Waals surface area contributed by atoms with Crippen LogP contribution in [0.15, 0.2) is 59.7 Å². The van der Waals surface area contributed by atoms with Crippen LogP contribution in [0.5, 0.6) is 0 Å². The number of hydrogen-bond acceptors (Lipinski definition) is 7. The highest BCUT2D eigenvalue weighted by Gasteiger charge is 2.22. The normalized spacial score (nSPS) is 13.5. The molecule has 11 heteroatoms. The third-order valence-corrected chi connectivity index (χ3v) is 4.78. The number of rotatable bonds is 5. The lowest BCUT2D eigenvalue weighted by molar-refractivity contribution is -0.130. The summed E-state index contributed by atoms with van der Waals surface area (Å²) in [6.45, 7) is 0.393. The van der Waals surface area contributed by atoms with Crippen molar-refractivity contribution in [2.45, 2.75) is 19.4 Å². The molecule has 0 atom stereocenters. The molecule has 0 aliphatic carbocycles. The molecule has 0 spiro atoms. The van der Waals surface area contributed by atoms with E-state index in [1.165, 1.54) is 11.8 Å². The van der Waals surface area contributed by atoms with Crippen LogP contribution in [0.25, 0.3) is 11.4 Å². The lowest BCUT2D eigenvalue weighted by atomic mass is 10.1. The molecule has 162 valence electrons. The van der Waals surface area contributed by atoms with Gasteiger partial charge in [0.15, 0.2) is 0 Å². The highest BCUT2D eigenvalue weighted by atomic mass is 16.2. The zero-order valence-corrected chi connectivity index (χ0v) is 17.2. The molecule has 1 aromatic heterocycles. The van der Waals surface area contributed by atoms with Crippen molar-refractivity contribution in [3.8, 4) is 11.4 Å². The molecular weight excluding hydrogens is 412 g/mol. The van der Waals surface area contributed by atoms with E-state index >= 15 is 0 Å². The van der Waals surface area contributed by atoms with E-state index in [1.54, 1.807) is 24.3 Å². The number of carbonyl (C=O) groups excluding carboxylic acids is 3. The average Bonchev–Trinajstić information content (AvgIpc) is 3.28. The van der Waals surface area contributed by atoms with Crippen LogP contribution in [-0.2, 0) is 16.1 Å². The molecule has 0 saturated carbocycles. The Balaban J connectivity index is 1.32. The van der Waals surface area contributed by atoms with Gasteiger partial charge in [0.1, 0.15) is 5.71 Å². The molecule has 32 heavy (non-hydrogen) atoms. The Kier molecular flexibility index (Phi) is 5.97. The maximum absolute atomic E-state index is 12.3. The maximum Gasteiger partial charge on any atom is 0.285 e. The Hall–Kier alpha value is -4.41. The fraction of sp³-hybridized carbons (Fsp3) is 0.190. The van der Waals surface area contributed by atoms with E-state index in [9.17, 15) is 14.4 Å². The molecule has 0 saturated heterocycles. The molecule has 11 nitrogen and oxygen atoms in total. The largest absolute Gasteiger partial charge is 0.285 e. The molecule has 2 N–H and O–H groups in total. The predicted octanol–water partition coefficient (Wildman–Crippen LogP) is 0.758. The topological polar surface area (TPSA) is 134 Å². The number of aromatic nitrogens is 4. The van der Waals surface area contributed by atoms with Gasteiger partial charge in [0.05, 0.1) is 6.54 Å². The summed E-state index contributed by atoms with van der Waals surface area (Å²) in [5.74, 6) is -0.657. The molecule has 4 rings (SSSR count).